The van der Waals surface area contributed by atoms with Crippen molar-refractivity contribution in [2.45, 2.75) is 17.3 Å². The Hall–Kier alpha value is -2.77. The van der Waals surface area contributed by atoms with Crippen LogP contribution in [-0.4, -0.2) is 26.5 Å². The number of para-hydroxylation sites is 1. The third-order valence-electron chi connectivity index (χ3n) is 3.67. The van der Waals surface area contributed by atoms with E-state index in [0.717, 1.165) is 16.1 Å². The monoisotopic (exact) mass is 399 g/mol. The molecule has 138 valence electrons. The van der Waals surface area contributed by atoms with E-state index in [1.807, 2.05) is 36.4 Å². The number of hydrogen-bond acceptors (Lipinski definition) is 6. The molecule has 1 heterocycles. The van der Waals surface area contributed by atoms with Crippen LogP contribution >= 0.6 is 23.4 Å². The van der Waals surface area contributed by atoms with Crippen LogP contribution in [-0.2, 0) is 12.2 Å². The average molecular weight is 400 g/mol. The zero-order valence-electron chi connectivity index (χ0n) is 14.4. The van der Waals surface area contributed by atoms with Crippen molar-refractivity contribution >= 4 is 35.5 Å². The second-order valence-electron chi connectivity index (χ2n) is 5.56. The number of anilines is 1. The number of rotatable bonds is 8. The van der Waals surface area contributed by atoms with E-state index in [1.165, 1.54) is 18.0 Å². The van der Waals surface area contributed by atoms with Gasteiger partial charge in [0.15, 0.2) is 0 Å². The van der Waals surface area contributed by atoms with E-state index in [9.17, 15) is 5.11 Å². The third kappa shape index (κ3) is 5.12. The molecular formula is C19H18ClN5OS. The highest BCUT2D eigenvalue weighted by molar-refractivity contribution is 7.98. The second kappa shape index (κ2) is 9.25. The number of benzene rings is 2. The van der Waals surface area contributed by atoms with Gasteiger partial charge in [-0.25, -0.2) is 10.5 Å². The molecule has 0 saturated carbocycles. The molecule has 8 heteroatoms. The molecule has 0 atom stereocenters. The number of hydrogen-bond donors (Lipinski definition) is 3. The van der Waals surface area contributed by atoms with Gasteiger partial charge in [0.25, 0.3) is 0 Å². The van der Waals surface area contributed by atoms with E-state index in [2.05, 4.69) is 32.3 Å². The van der Waals surface area contributed by atoms with Gasteiger partial charge < -0.3 is 5.11 Å². The Morgan fingerprint density at radius 3 is 2.85 bits per heavy atom. The fourth-order valence-corrected chi connectivity index (χ4v) is 3.40. The first kappa shape index (κ1) is 19.0. The first-order valence-electron chi connectivity index (χ1n) is 8.17. The largest absolute Gasteiger partial charge is 0.507 e. The van der Waals surface area contributed by atoms with Crippen LogP contribution in [0.5, 0.6) is 5.75 Å². The standard InChI is InChI=1S/C19H18ClN5OS/c1-2-6-13-8-5-9-14(17(13)26)11-21-23-18-22-19(25-24-18)27-12-15-7-3-4-10-16(15)20/h2-5,7-11,26H,1,6,12H2,(H2,22,23,24,25)/b21-11+. The van der Waals surface area contributed by atoms with E-state index in [-0.39, 0.29) is 5.75 Å². The summed E-state index contributed by atoms with van der Waals surface area (Å²) < 4.78 is 0. The van der Waals surface area contributed by atoms with Crippen LogP contribution in [0.4, 0.5) is 5.95 Å². The number of phenols is 1. The number of nitrogens with one attached hydrogen (secondary N) is 2. The summed E-state index contributed by atoms with van der Waals surface area (Å²) in [4.78, 5) is 4.31. The van der Waals surface area contributed by atoms with E-state index in [4.69, 9.17) is 11.6 Å². The van der Waals surface area contributed by atoms with Crippen molar-refractivity contribution in [1.29, 1.82) is 0 Å². The van der Waals surface area contributed by atoms with Gasteiger partial charge in [0.2, 0.25) is 11.1 Å². The van der Waals surface area contributed by atoms with Crippen LogP contribution < -0.4 is 5.43 Å². The Kier molecular flexibility index (Phi) is 6.51. The molecule has 2 aromatic carbocycles. The molecule has 3 N–H and O–H groups in total. The van der Waals surface area contributed by atoms with Crippen LogP contribution in [0.1, 0.15) is 16.7 Å². The van der Waals surface area contributed by atoms with Crippen LogP contribution in [0.15, 0.2) is 65.4 Å². The van der Waals surface area contributed by atoms with Gasteiger partial charge in [0, 0.05) is 16.3 Å². The lowest BCUT2D eigenvalue weighted by molar-refractivity contribution is 0.469. The first-order valence-corrected chi connectivity index (χ1v) is 9.53. The van der Waals surface area contributed by atoms with Crippen molar-refractivity contribution in [2.75, 3.05) is 5.43 Å². The topological polar surface area (TPSA) is 86.2 Å². The maximum Gasteiger partial charge on any atom is 0.240 e. The number of thioether (sulfide) groups is 1. The maximum absolute atomic E-state index is 10.2. The molecule has 0 amide bonds. The predicted octanol–water partition coefficient (Wildman–Crippen LogP) is 4.63. The van der Waals surface area contributed by atoms with Gasteiger partial charge in [0.05, 0.1) is 6.21 Å². The number of aromatic amines is 1. The molecule has 6 nitrogen and oxygen atoms in total. The van der Waals surface area contributed by atoms with Crippen molar-refractivity contribution < 1.29 is 5.11 Å². The lowest BCUT2D eigenvalue weighted by Gasteiger charge is -2.04. The molecule has 0 aliphatic rings. The number of phenolic OH excluding ortho intramolecular Hbond substituents is 1. The quantitative estimate of drug-likeness (QED) is 0.222. The van der Waals surface area contributed by atoms with Gasteiger partial charge >= 0.3 is 0 Å². The summed E-state index contributed by atoms with van der Waals surface area (Å²) in [6.45, 7) is 3.68. The molecule has 0 unspecified atom stereocenters. The minimum atomic E-state index is 0.191. The molecule has 0 fully saturated rings. The fraction of sp³-hybridized carbons (Fsp3) is 0.105. The minimum absolute atomic E-state index is 0.191. The van der Waals surface area contributed by atoms with Gasteiger partial charge in [-0.1, -0.05) is 59.8 Å². The van der Waals surface area contributed by atoms with E-state index in [1.54, 1.807) is 12.1 Å². The molecule has 3 rings (SSSR count). The van der Waals surface area contributed by atoms with Crippen molar-refractivity contribution in [3.63, 3.8) is 0 Å². The number of aromatic hydroxyl groups is 1. The summed E-state index contributed by atoms with van der Waals surface area (Å²) in [6.07, 6.45) is 3.86. The molecule has 0 radical (unpaired) electrons. The van der Waals surface area contributed by atoms with Crippen LogP contribution in [0.2, 0.25) is 5.02 Å². The van der Waals surface area contributed by atoms with Crippen LogP contribution in [0.25, 0.3) is 0 Å². The lowest BCUT2D eigenvalue weighted by Crippen LogP contribution is -1.94. The number of allylic oxidation sites excluding steroid dienone is 1. The zero-order chi connectivity index (χ0) is 19.1. The predicted molar refractivity (Wildman–Crippen MR) is 111 cm³/mol. The average Bonchev–Trinajstić information content (AvgIpc) is 3.12. The van der Waals surface area contributed by atoms with Gasteiger partial charge in [-0.15, -0.1) is 11.7 Å². The summed E-state index contributed by atoms with van der Waals surface area (Å²) in [5.41, 5.74) is 5.20. The SMILES string of the molecule is C=CCc1cccc(/C=N/Nc2nc(SCc3ccccc3Cl)n[nH]2)c1O. The highest BCUT2D eigenvalue weighted by atomic mass is 35.5. The van der Waals surface area contributed by atoms with Gasteiger partial charge in [0.1, 0.15) is 5.75 Å². The van der Waals surface area contributed by atoms with E-state index in [0.29, 0.717) is 28.8 Å². The van der Waals surface area contributed by atoms with Gasteiger partial charge in [-0.05, 0) is 29.7 Å². The molecule has 0 bridgehead atoms. The van der Waals surface area contributed by atoms with Crippen molar-refractivity contribution in [2.24, 2.45) is 5.10 Å². The first-order chi connectivity index (χ1) is 13.2. The van der Waals surface area contributed by atoms with Crippen LogP contribution in [0.3, 0.4) is 0 Å². The summed E-state index contributed by atoms with van der Waals surface area (Å²) in [5, 5.41) is 22.5. The Bertz CT molecular complexity index is 957. The van der Waals surface area contributed by atoms with Crippen molar-refractivity contribution in [3.05, 3.63) is 76.8 Å². The molecule has 3 aromatic rings. The minimum Gasteiger partial charge on any atom is -0.507 e. The van der Waals surface area contributed by atoms with E-state index < -0.39 is 0 Å². The Morgan fingerprint density at radius 1 is 1.22 bits per heavy atom. The Morgan fingerprint density at radius 2 is 2.04 bits per heavy atom. The number of nitrogens with zero attached hydrogens (tertiary/aromatic N) is 3. The summed E-state index contributed by atoms with van der Waals surface area (Å²) in [7, 11) is 0. The highest BCUT2D eigenvalue weighted by Gasteiger charge is 2.06. The van der Waals surface area contributed by atoms with Crippen LogP contribution in [0, 0.1) is 0 Å². The number of hydrazone groups is 1. The number of H-pyrrole nitrogens is 1. The lowest BCUT2D eigenvalue weighted by atomic mass is 10.1. The Labute approximate surface area is 166 Å². The molecule has 0 saturated heterocycles. The molecule has 0 aliphatic carbocycles. The molecule has 0 aliphatic heterocycles. The van der Waals surface area contributed by atoms with Gasteiger partial charge in [-0.2, -0.15) is 10.1 Å². The summed E-state index contributed by atoms with van der Waals surface area (Å²) in [6, 6.07) is 13.2. The summed E-state index contributed by atoms with van der Waals surface area (Å²) >= 11 is 7.62. The van der Waals surface area contributed by atoms with Gasteiger partial charge in [-0.3, -0.25) is 0 Å². The highest BCUT2D eigenvalue weighted by Crippen LogP contribution is 2.25. The molecule has 0 spiro atoms. The summed E-state index contributed by atoms with van der Waals surface area (Å²) in [5.74, 6) is 1.27. The molecule has 1 aromatic heterocycles. The zero-order valence-corrected chi connectivity index (χ0v) is 16.0. The van der Waals surface area contributed by atoms with Crippen molar-refractivity contribution in [3.8, 4) is 5.75 Å². The fourth-order valence-electron chi connectivity index (χ4n) is 2.32. The second-order valence-corrected chi connectivity index (χ2v) is 6.91. The maximum atomic E-state index is 10.2. The smallest absolute Gasteiger partial charge is 0.240 e. The molecular weight excluding hydrogens is 382 g/mol. The van der Waals surface area contributed by atoms with E-state index >= 15 is 0 Å². The normalized spacial score (nSPS) is 11.0. The third-order valence-corrected chi connectivity index (χ3v) is 4.93. The number of halogens is 1. The Balaban J connectivity index is 1.58. The van der Waals surface area contributed by atoms with Crippen molar-refractivity contribution in [1.82, 2.24) is 15.2 Å². The number of aromatic nitrogens is 3. The molecule has 27 heavy (non-hydrogen) atoms.